The lowest BCUT2D eigenvalue weighted by Gasteiger charge is -2.24. The lowest BCUT2D eigenvalue weighted by atomic mass is 9.88. The summed E-state index contributed by atoms with van der Waals surface area (Å²) in [6.07, 6.45) is 2.07. The van der Waals surface area contributed by atoms with Crippen LogP contribution in [0.25, 0.3) is 10.2 Å². The molecule has 1 amide bonds. The maximum atomic E-state index is 13.9. The summed E-state index contributed by atoms with van der Waals surface area (Å²) in [7, 11) is 1.65. The van der Waals surface area contributed by atoms with E-state index >= 15 is 0 Å². The van der Waals surface area contributed by atoms with E-state index < -0.39 is 0 Å². The second-order valence-electron chi connectivity index (χ2n) is 8.21. The summed E-state index contributed by atoms with van der Waals surface area (Å²) in [6, 6.07) is 31.9. The number of hydrogen-bond donors (Lipinski definition) is 0. The average molecular weight is 480 g/mol. The molecule has 0 fully saturated rings. The largest absolute Gasteiger partial charge is 0.497 e. The molecular formula is C29H25N3O2S. The third kappa shape index (κ3) is 5.23. The van der Waals surface area contributed by atoms with Crippen molar-refractivity contribution in [2.24, 2.45) is 0 Å². The maximum Gasteiger partial charge on any atom is 0.230 e. The molecule has 0 aliphatic rings. The van der Waals surface area contributed by atoms with Crippen LogP contribution in [0, 0.1) is 0 Å². The van der Waals surface area contributed by atoms with Gasteiger partial charge in [0, 0.05) is 18.5 Å². The highest BCUT2D eigenvalue weighted by Gasteiger charge is 2.26. The first-order valence-corrected chi connectivity index (χ1v) is 12.3. The molecule has 5 aromatic rings. The standard InChI is InChI=1S/C29H25N3O2S/c1-34-24-15-16-26-27(18-24)35-29(31-26)32(20-23-14-8-9-17-30-23)28(33)19-25(21-10-4-2-5-11-21)22-12-6-3-7-13-22/h2-18,25H,19-20H2,1H3. The Morgan fingerprint density at radius 2 is 1.60 bits per heavy atom. The van der Waals surface area contributed by atoms with Crippen molar-refractivity contribution in [1.82, 2.24) is 9.97 Å². The Bertz CT molecular complexity index is 1370. The molecule has 0 spiro atoms. The zero-order valence-corrected chi connectivity index (χ0v) is 20.2. The first-order chi connectivity index (χ1) is 17.2. The van der Waals surface area contributed by atoms with Crippen molar-refractivity contribution < 1.29 is 9.53 Å². The summed E-state index contributed by atoms with van der Waals surface area (Å²) in [6.45, 7) is 0.354. The van der Waals surface area contributed by atoms with E-state index in [1.54, 1.807) is 18.2 Å². The summed E-state index contributed by atoms with van der Waals surface area (Å²) in [5, 5.41) is 0.656. The van der Waals surface area contributed by atoms with Gasteiger partial charge in [0.05, 0.1) is 29.6 Å². The number of carbonyl (C=O) groups excluding carboxylic acids is 1. The number of nitrogens with zero attached hydrogens (tertiary/aromatic N) is 3. The zero-order valence-electron chi connectivity index (χ0n) is 19.4. The van der Waals surface area contributed by atoms with Crippen LogP contribution in [0.2, 0.25) is 0 Å². The van der Waals surface area contributed by atoms with E-state index in [-0.39, 0.29) is 11.8 Å². The number of thiazole rings is 1. The fourth-order valence-corrected chi connectivity index (χ4v) is 5.15. The molecule has 0 aliphatic carbocycles. The van der Waals surface area contributed by atoms with Crippen LogP contribution < -0.4 is 9.64 Å². The number of benzene rings is 3. The Hall–Kier alpha value is -4.03. The number of ether oxygens (including phenoxy) is 1. The highest BCUT2D eigenvalue weighted by Crippen LogP contribution is 2.34. The molecule has 2 heterocycles. The number of rotatable bonds is 8. The van der Waals surface area contributed by atoms with Crippen LogP contribution in [-0.2, 0) is 11.3 Å². The number of fused-ring (bicyclic) bond motifs is 1. The Kier molecular flexibility index (Phi) is 6.82. The fraction of sp³-hybridized carbons (Fsp3) is 0.138. The van der Waals surface area contributed by atoms with Crippen molar-refractivity contribution >= 4 is 32.6 Å². The molecule has 0 unspecified atom stereocenters. The van der Waals surface area contributed by atoms with Gasteiger partial charge in [-0.1, -0.05) is 78.1 Å². The van der Waals surface area contributed by atoms with Crippen LogP contribution in [0.4, 0.5) is 5.13 Å². The number of carbonyl (C=O) groups is 1. The fourth-order valence-electron chi connectivity index (χ4n) is 4.13. The van der Waals surface area contributed by atoms with Crippen molar-refractivity contribution in [3.63, 3.8) is 0 Å². The molecular weight excluding hydrogens is 454 g/mol. The lowest BCUT2D eigenvalue weighted by Crippen LogP contribution is -2.32. The van der Waals surface area contributed by atoms with E-state index in [9.17, 15) is 4.79 Å². The third-order valence-corrected chi connectivity index (χ3v) is 6.99. The van der Waals surface area contributed by atoms with Gasteiger partial charge in [0.15, 0.2) is 5.13 Å². The average Bonchev–Trinajstić information content (AvgIpc) is 3.34. The summed E-state index contributed by atoms with van der Waals surface area (Å²) in [5.74, 6) is 0.702. The summed E-state index contributed by atoms with van der Waals surface area (Å²) >= 11 is 1.49. The molecule has 174 valence electrons. The quantitative estimate of drug-likeness (QED) is 0.256. The van der Waals surface area contributed by atoms with Crippen LogP contribution in [0.5, 0.6) is 5.75 Å². The first kappa shape index (κ1) is 22.7. The Morgan fingerprint density at radius 3 is 2.23 bits per heavy atom. The molecule has 0 radical (unpaired) electrons. The SMILES string of the molecule is COc1ccc2nc(N(Cc3ccccn3)C(=O)CC(c3ccccc3)c3ccccc3)sc2c1. The van der Waals surface area contributed by atoms with Crippen LogP contribution in [0.15, 0.2) is 103 Å². The number of anilines is 1. The second kappa shape index (κ2) is 10.5. The summed E-state index contributed by atoms with van der Waals surface area (Å²) in [4.78, 5) is 25.0. The topological polar surface area (TPSA) is 55.3 Å². The van der Waals surface area contributed by atoms with Crippen molar-refractivity contribution in [1.29, 1.82) is 0 Å². The Balaban J connectivity index is 1.52. The Labute approximate surface area is 208 Å². The van der Waals surface area contributed by atoms with Gasteiger partial charge < -0.3 is 4.74 Å². The van der Waals surface area contributed by atoms with Gasteiger partial charge in [0.1, 0.15) is 5.75 Å². The van der Waals surface area contributed by atoms with Crippen molar-refractivity contribution in [3.8, 4) is 5.75 Å². The maximum absolute atomic E-state index is 13.9. The normalized spacial score (nSPS) is 11.0. The highest BCUT2D eigenvalue weighted by molar-refractivity contribution is 7.22. The number of methoxy groups -OCH3 is 1. The molecule has 0 saturated heterocycles. The Morgan fingerprint density at radius 1 is 0.914 bits per heavy atom. The summed E-state index contributed by atoms with van der Waals surface area (Å²) in [5.41, 5.74) is 3.87. The number of hydrogen-bond acceptors (Lipinski definition) is 5. The van der Waals surface area contributed by atoms with Gasteiger partial charge in [-0.2, -0.15) is 0 Å². The third-order valence-electron chi connectivity index (χ3n) is 5.95. The smallest absolute Gasteiger partial charge is 0.230 e. The van der Waals surface area contributed by atoms with E-state index in [0.717, 1.165) is 32.8 Å². The van der Waals surface area contributed by atoms with Crippen molar-refractivity contribution in [3.05, 3.63) is 120 Å². The predicted molar refractivity (Wildman–Crippen MR) is 141 cm³/mol. The minimum atomic E-state index is -0.0643. The molecule has 0 bridgehead atoms. The molecule has 0 saturated carbocycles. The summed E-state index contributed by atoms with van der Waals surface area (Å²) < 4.78 is 6.35. The van der Waals surface area contributed by atoms with E-state index in [4.69, 9.17) is 9.72 Å². The van der Waals surface area contributed by atoms with Gasteiger partial charge >= 0.3 is 0 Å². The lowest BCUT2D eigenvalue weighted by molar-refractivity contribution is -0.119. The minimum Gasteiger partial charge on any atom is -0.497 e. The van der Waals surface area contributed by atoms with E-state index in [1.165, 1.54) is 11.3 Å². The van der Waals surface area contributed by atoms with Gasteiger partial charge in [-0.15, -0.1) is 0 Å². The van der Waals surface area contributed by atoms with E-state index in [0.29, 0.717) is 18.1 Å². The van der Waals surface area contributed by atoms with Crippen molar-refractivity contribution in [2.45, 2.75) is 18.9 Å². The van der Waals surface area contributed by atoms with Gasteiger partial charge in [0.2, 0.25) is 5.91 Å². The van der Waals surface area contributed by atoms with Gasteiger partial charge in [-0.25, -0.2) is 4.98 Å². The molecule has 35 heavy (non-hydrogen) atoms. The predicted octanol–water partition coefficient (Wildman–Crippen LogP) is 6.46. The molecule has 3 aromatic carbocycles. The van der Waals surface area contributed by atoms with E-state index in [2.05, 4.69) is 29.2 Å². The van der Waals surface area contributed by atoms with Gasteiger partial charge in [0.25, 0.3) is 0 Å². The number of pyridine rings is 1. The van der Waals surface area contributed by atoms with Crippen LogP contribution in [0.1, 0.15) is 29.2 Å². The van der Waals surface area contributed by atoms with Crippen molar-refractivity contribution in [2.75, 3.05) is 12.0 Å². The molecule has 0 atom stereocenters. The molecule has 0 aliphatic heterocycles. The number of aromatic nitrogens is 2. The first-order valence-electron chi connectivity index (χ1n) is 11.5. The molecule has 5 nitrogen and oxygen atoms in total. The molecule has 2 aromatic heterocycles. The van der Waals surface area contributed by atoms with Crippen LogP contribution in [0.3, 0.4) is 0 Å². The van der Waals surface area contributed by atoms with Crippen LogP contribution >= 0.6 is 11.3 Å². The molecule has 0 N–H and O–H groups in total. The van der Waals surface area contributed by atoms with Gasteiger partial charge in [-0.05, 0) is 41.5 Å². The molecule has 6 heteroatoms. The minimum absolute atomic E-state index is 0.000574. The monoisotopic (exact) mass is 479 g/mol. The molecule has 5 rings (SSSR count). The number of amides is 1. The van der Waals surface area contributed by atoms with E-state index in [1.807, 2.05) is 72.8 Å². The van der Waals surface area contributed by atoms with Crippen LogP contribution in [-0.4, -0.2) is 23.0 Å². The highest BCUT2D eigenvalue weighted by atomic mass is 32.1. The zero-order chi connectivity index (χ0) is 24.0. The second-order valence-corrected chi connectivity index (χ2v) is 9.22. The van der Waals surface area contributed by atoms with Gasteiger partial charge in [-0.3, -0.25) is 14.7 Å².